The minimum absolute atomic E-state index is 0.0791. The summed E-state index contributed by atoms with van der Waals surface area (Å²) >= 11 is 6.21. The molecule has 1 atom stereocenters. The molecule has 7 heteroatoms. The van der Waals surface area contributed by atoms with Gasteiger partial charge in [0.1, 0.15) is 0 Å². The standard InChI is InChI=1S/C23H24ClN3O3/c1-3-21(28)26-9-8-15-11-17(5-7-20(15)26)27-13-16(12-22(27)29)23(30)25-19-6-4-14(2)10-18(19)24/h4-7,10-11,16H,3,8-9,12-13H2,1-2H3,(H,25,30)/t16-/m0/s1. The van der Waals surface area contributed by atoms with Gasteiger partial charge in [-0.1, -0.05) is 24.6 Å². The van der Waals surface area contributed by atoms with Crippen molar-refractivity contribution in [3.05, 3.63) is 52.5 Å². The van der Waals surface area contributed by atoms with E-state index in [0.717, 1.165) is 28.9 Å². The van der Waals surface area contributed by atoms with Gasteiger partial charge < -0.3 is 15.1 Å². The topological polar surface area (TPSA) is 69.7 Å². The van der Waals surface area contributed by atoms with Gasteiger partial charge in [-0.2, -0.15) is 0 Å². The third-order valence-corrected chi connectivity index (χ3v) is 6.06. The summed E-state index contributed by atoms with van der Waals surface area (Å²) < 4.78 is 0. The maximum absolute atomic E-state index is 12.7. The van der Waals surface area contributed by atoms with Crippen LogP contribution in [0.1, 0.15) is 30.9 Å². The number of halogens is 1. The van der Waals surface area contributed by atoms with E-state index in [9.17, 15) is 14.4 Å². The average Bonchev–Trinajstić information content (AvgIpc) is 3.32. The number of nitrogens with one attached hydrogen (secondary N) is 1. The summed E-state index contributed by atoms with van der Waals surface area (Å²) in [5.41, 5.74) is 4.31. The minimum Gasteiger partial charge on any atom is -0.324 e. The molecule has 0 aromatic heterocycles. The largest absolute Gasteiger partial charge is 0.324 e. The first-order chi connectivity index (χ1) is 14.4. The first-order valence-electron chi connectivity index (χ1n) is 10.2. The van der Waals surface area contributed by atoms with E-state index in [2.05, 4.69) is 5.32 Å². The first kappa shape index (κ1) is 20.4. The summed E-state index contributed by atoms with van der Waals surface area (Å²) in [6.45, 7) is 4.78. The number of nitrogens with zero attached hydrogens (tertiary/aromatic N) is 2. The van der Waals surface area contributed by atoms with Gasteiger partial charge in [-0.25, -0.2) is 0 Å². The number of carbonyl (C=O) groups excluding carboxylic acids is 3. The molecule has 2 aromatic carbocycles. The lowest BCUT2D eigenvalue weighted by atomic mass is 10.1. The van der Waals surface area contributed by atoms with E-state index in [1.807, 2.05) is 38.1 Å². The van der Waals surface area contributed by atoms with Gasteiger partial charge in [0.25, 0.3) is 0 Å². The number of hydrogen-bond donors (Lipinski definition) is 1. The Hall–Kier alpha value is -2.86. The Kier molecular flexibility index (Phi) is 5.52. The summed E-state index contributed by atoms with van der Waals surface area (Å²) in [6, 6.07) is 11.2. The number of anilines is 3. The van der Waals surface area contributed by atoms with Crippen LogP contribution in [0.25, 0.3) is 0 Å². The molecule has 156 valence electrons. The SMILES string of the molecule is CCC(=O)N1CCc2cc(N3C[C@@H](C(=O)Nc4ccc(C)cc4Cl)CC3=O)ccc21. The van der Waals surface area contributed by atoms with Gasteiger partial charge in [-0.3, -0.25) is 14.4 Å². The highest BCUT2D eigenvalue weighted by Crippen LogP contribution is 2.34. The Balaban J connectivity index is 1.47. The monoisotopic (exact) mass is 425 g/mol. The number of amides is 3. The molecule has 1 fully saturated rings. The highest BCUT2D eigenvalue weighted by Gasteiger charge is 2.36. The van der Waals surface area contributed by atoms with E-state index in [-0.39, 0.29) is 24.1 Å². The number of fused-ring (bicyclic) bond motifs is 1. The first-order valence-corrected chi connectivity index (χ1v) is 10.6. The van der Waals surface area contributed by atoms with Gasteiger partial charge in [-0.15, -0.1) is 0 Å². The molecule has 30 heavy (non-hydrogen) atoms. The summed E-state index contributed by atoms with van der Waals surface area (Å²) in [5.74, 6) is -0.631. The predicted molar refractivity (Wildman–Crippen MR) is 118 cm³/mol. The highest BCUT2D eigenvalue weighted by molar-refractivity contribution is 6.33. The van der Waals surface area contributed by atoms with Crippen LogP contribution in [0.3, 0.4) is 0 Å². The molecule has 2 heterocycles. The molecule has 4 rings (SSSR count). The molecule has 0 spiro atoms. The van der Waals surface area contributed by atoms with Crippen LogP contribution in [0, 0.1) is 12.8 Å². The molecular formula is C23H24ClN3O3. The molecule has 3 amide bonds. The third kappa shape index (κ3) is 3.79. The molecule has 0 aliphatic carbocycles. The van der Waals surface area contributed by atoms with Gasteiger partial charge >= 0.3 is 0 Å². The second-order valence-electron chi connectivity index (χ2n) is 7.84. The van der Waals surface area contributed by atoms with E-state index >= 15 is 0 Å². The molecule has 1 saturated heterocycles. The number of carbonyl (C=O) groups is 3. The van der Waals surface area contributed by atoms with Crippen molar-refractivity contribution < 1.29 is 14.4 Å². The smallest absolute Gasteiger partial charge is 0.229 e. The number of rotatable bonds is 4. The van der Waals surface area contributed by atoms with Crippen LogP contribution >= 0.6 is 11.6 Å². The summed E-state index contributed by atoms with van der Waals surface area (Å²) in [5, 5.41) is 3.33. The van der Waals surface area contributed by atoms with Gasteiger partial charge in [0.05, 0.1) is 16.6 Å². The van der Waals surface area contributed by atoms with Crippen LogP contribution in [-0.4, -0.2) is 30.8 Å². The van der Waals surface area contributed by atoms with Crippen molar-refractivity contribution in [2.75, 3.05) is 28.2 Å². The molecule has 2 aliphatic heterocycles. The summed E-state index contributed by atoms with van der Waals surface area (Å²) in [4.78, 5) is 40.9. The van der Waals surface area contributed by atoms with Gasteiger partial charge in [0, 0.05) is 37.3 Å². The van der Waals surface area contributed by atoms with Gasteiger partial charge in [0.2, 0.25) is 17.7 Å². The van der Waals surface area contributed by atoms with E-state index < -0.39 is 5.92 Å². The molecule has 1 N–H and O–H groups in total. The maximum atomic E-state index is 12.7. The van der Waals surface area contributed by atoms with Crippen molar-refractivity contribution in [1.29, 1.82) is 0 Å². The van der Waals surface area contributed by atoms with Crippen LogP contribution in [0.5, 0.6) is 0 Å². The zero-order valence-electron chi connectivity index (χ0n) is 17.1. The molecule has 0 unspecified atom stereocenters. The number of hydrogen-bond acceptors (Lipinski definition) is 3. The second-order valence-corrected chi connectivity index (χ2v) is 8.25. The van der Waals surface area contributed by atoms with Crippen LogP contribution in [0.15, 0.2) is 36.4 Å². The van der Waals surface area contributed by atoms with Gasteiger partial charge in [0.15, 0.2) is 0 Å². The van der Waals surface area contributed by atoms with Gasteiger partial charge in [-0.05, 0) is 54.8 Å². The van der Waals surface area contributed by atoms with E-state index in [4.69, 9.17) is 11.6 Å². The predicted octanol–water partition coefficient (Wildman–Crippen LogP) is 3.94. The van der Waals surface area contributed by atoms with Crippen molar-refractivity contribution in [1.82, 2.24) is 0 Å². The van der Waals surface area contributed by atoms with E-state index in [1.54, 1.807) is 21.9 Å². The summed E-state index contributed by atoms with van der Waals surface area (Å²) in [6.07, 6.45) is 1.40. The second kappa shape index (κ2) is 8.11. The fraction of sp³-hybridized carbons (Fsp3) is 0.348. The lowest BCUT2D eigenvalue weighted by Gasteiger charge is -2.20. The fourth-order valence-corrected chi connectivity index (χ4v) is 4.38. The lowest BCUT2D eigenvalue weighted by molar-refractivity contribution is -0.122. The fourth-order valence-electron chi connectivity index (χ4n) is 4.10. The number of aryl methyl sites for hydroxylation is 1. The zero-order chi connectivity index (χ0) is 21.4. The molecule has 0 bridgehead atoms. The Labute approximate surface area is 180 Å². The average molecular weight is 426 g/mol. The molecule has 2 aliphatic rings. The van der Waals surface area contributed by atoms with Crippen molar-refractivity contribution in [2.24, 2.45) is 5.92 Å². The van der Waals surface area contributed by atoms with E-state index in [1.165, 1.54) is 0 Å². The molecule has 0 radical (unpaired) electrons. The van der Waals surface area contributed by atoms with Crippen molar-refractivity contribution in [3.8, 4) is 0 Å². The normalized spacial score (nSPS) is 18.0. The van der Waals surface area contributed by atoms with Crippen molar-refractivity contribution >= 4 is 46.4 Å². The lowest BCUT2D eigenvalue weighted by Crippen LogP contribution is -2.28. The van der Waals surface area contributed by atoms with Crippen LogP contribution in [-0.2, 0) is 20.8 Å². The molecule has 6 nitrogen and oxygen atoms in total. The molecule has 0 saturated carbocycles. The minimum atomic E-state index is -0.443. The van der Waals surface area contributed by atoms with Crippen molar-refractivity contribution in [3.63, 3.8) is 0 Å². The Morgan fingerprint density at radius 3 is 2.73 bits per heavy atom. The van der Waals surface area contributed by atoms with Crippen LogP contribution in [0.2, 0.25) is 5.02 Å². The molecule has 2 aromatic rings. The third-order valence-electron chi connectivity index (χ3n) is 5.75. The van der Waals surface area contributed by atoms with E-state index in [0.29, 0.717) is 30.2 Å². The van der Waals surface area contributed by atoms with Crippen molar-refractivity contribution in [2.45, 2.75) is 33.1 Å². The Morgan fingerprint density at radius 2 is 2.00 bits per heavy atom. The maximum Gasteiger partial charge on any atom is 0.229 e. The Morgan fingerprint density at radius 1 is 1.20 bits per heavy atom. The van der Waals surface area contributed by atoms with Crippen LogP contribution < -0.4 is 15.1 Å². The summed E-state index contributed by atoms with van der Waals surface area (Å²) in [7, 11) is 0. The zero-order valence-corrected chi connectivity index (χ0v) is 17.8. The quantitative estimate of drug-likeness (QED) is 0.806. The highest BCUT2D eigenvalue weighted by atomic mass is 35.5. The molecular weight excluding hydrogens is 402 g/mol. The number of benzene rings is 2. The van der Waals surface area contributed by atoms with Crippen LogP contribution in [0.4, 0.5) is 17.1 Å². The Bertz CT molecular complexity index is 1040.